The molecule has 2 aliphatic rings. The van der Waals surface area contributed by atoms with Crippen LogP contribution >= 0.6 is 0 Å². The third-order valence-corrected chi connectivity index (χ3v) is 3.77. The molecule has 0 aromatic rings. The number of hydrogen-bond donors (Lipinski definition) is 1. The summed E-state index contributed by atoms with van der Waals surface area (Å²) in [5.41, 5.74) is 0. The number of nitrogens with one attached hydrogen (secondary N) is 1. The smallest absolute Gasteiger partial charge is 0.0195 e. The Morgan fingerprint density at radius 2 is 2.14 bits per heavy atom. The van der Waals surface area contributed by atoms with Crippen LogP contribution in [0.3, 0.4) is 0 Å². The van der Waals surface area contributed by atoms with E-state index in [1.165, 1.54) is 45.2 Å². The van der Waals surface area contributed by atoms with Crippen molar-refractivity contribution < 1.29 is 0 Å². The fourth-order valence-corrected chi connectivity index (χ4v) is 2.50. The minimum absolute atomic E-state index is 0.782. The first kappa shape index (κ1) is 10.4. The van der Waals surface area contributed by atoms with Gasteiger partial charge < -0.3 is 5.32 Å². The van der Waals surface area contributed by atoms with E-state index >= 15 is 0 Å². The van der Waals surface area contributed by atoms with Gasteiger partial charge in [-0.05, 0) is 45.6 Å². The fraction of sp³-hybridized carbons (Fsp3) is 1.00. The summed E-state index contributed by atoms with van der Waals surface area (Å²) in [4.78, 5) is 2.74. The van der Waals surface area contributed by atoms with Crippen molar-refractivity contribution in [3.63, 3.8) is 0 Å². The average molecular weight is 196 g/mol. The van der Waals surface area contributed by atoms with Crippen LogP contribution in [0.4, 0.5) is 0 Å². The van der Waals surface area contributed by atoms with Crippen LogP contribution in [-0.4, -0.2) is 36.1 Å². The van der Waals surface area contributed by atoms with E-state index in [4.69, 9.17) is 0 Å². The van der Waals surface area contributed by atoms with E-state index in [2.05, 4.69) is 24.1 Å². The van der Waals surface area contributed by atoms with Crippen LogP contribution in [0.5, 0.6) is 0 Å². The zero-order valence-corrected chi connectivity index (χ0v) is 9.63. The summed E-state index contributed by atoms with van der Waals surface area (Å²) in [7, 11) is 0. The van der Waals surface area contributed by atoms with E-state index in [-0.39, 0.29) is 0 Å². The first-order valence-electron chi connectivity index (χ1n) is 6.30. The molecule has 14 heavy (non-hydrogen) atoms. The molecular formula is C12H24N2. The molecule has 1 aliphatic heterocycles. The van der Waals surface area contributed by atoms with Gasteiger partial charge in [0.25, 0.3) is 0 Å². The largest absolute Gasteiger partial charge is 0.313 e. The molecule has 2 nitrogen and oxygen atoms in total. The zero-order chi connectivity index (χ0) is 9.97. The highest BCUT2D eigenvalue weighted by atomic mass is 15.2. The molecule has 1 saturated carbocycles. The van der Waals surface area contributed by atoms with Crippen molar-refractivity contribution in [1.82, 2.24) is 10.2 Å². The van der Waals surface area contributed by atoms with Crippen molar-refractivity contribution in [1.29, 1.82) is 0 Å². The van der Waals surface area contributed by atoms with Crippen LogP contribution in [0.25, 0.3) is 0 Å². The Morgan fingerprint density at radius 1 is 1.36 bits per heavy atom. The molecule has 0 spiro atoms. The maximum absolute atomic E-state index is 3.61. The Labute approximate surface area is 88.1 Å². The van der Waals surface area contributed by atoms with Crippen molar-refractivity contribution in [2.75, 3.05) is 13.1 Å². The van der Waals surface area contributed by atoms with Crippen LogP contribution in [0.2, 0.25) is 0 Å². The summed E-state index contributed by atoms with van der Waals surface area (Å²) in [6.45, 7) is 7.22. The highest BCUT2D eigenvalue weighted by Crippen LogP contribution is 2.30. The Kier molecular flexibility index (Phi) is 3.45. The molecule has 2 unspecified atom stereocenters. The van der Waals surface area contributed by atoms with Gasteiger partial charge in [-0.25, -0.2) is 0 Å². The topological polar surface area (TPSA) is 15.3 Å². The van der Waals surface area contributed by atoms with Gasteiger partial charge in [-0.15, -0.1) is 0 Å². The second kappa shape index (κ2) is 4.63. The lowest BCUT2D eigenvalue weighted by atomic mass is 10.1. The van der Waals surface area contributed by atoms with Gasteiger partial charge >= 0.3 is 0 Å². The number of hydrogen-bond acceptors (Lipinski definition) is 2. The highest BCUT2D eigenvalue weighted by Gasteiger charge is 2.33. The van der Waals surface area contributed by atoms with Gasteiger partial charge in [-0.3, -0.25) is 4.90 Å². The van der Waals surface area contributed by atoms with Gasteiger partial charge in [0.15, 0.2) is 0 Å². The van der Waals surface area contributed by atoms with Crippen molar-refractivity contribution in [3.05, 3.63) is 0 Å². The van der Waals surface area contributed by atoms with Gasteiger partial charge in [0, 0.05) is 24.7 Å². The Hall–Kier alpha value is -0.0800. The zero-order valence-electron chi connectivity index (χ0n) is 9.63. The van der Waals surface area contributed by atoms with Crippen molar-refractivity contribution >= 4 is 0 Å². The second-order valence-electron chi connectivity index (χ2n) is 4.98. The van der Waals surface area contributed by atoms with Crippen LogP contribution in [0, 0.1) is 0 Å². The lowest BCUT2D eigenvalue weighted by Crippen LogP contribution is -2.43. The summed E-state index contributed by atoms with van der Waals surface area (Å²) < 4.78 is 0. The van der Waals surface area contributed by atoms with Crippen molar-refractivity contribution in [2.24, 2.45) is 0 Å². The first-order valence-corrected chi connectivity index (χ1v) is 6.30. The third kappa shape index (κ3) is 2.48. The quantitative estimate of drug-likeness (QED) is 0.723. The molecule has 2 rings (SSSR count). The predicted octanol–water partition coefficient (Wildman–Crippen LogP) is 2.00. The Morgan fingerprint density at radius 3 is 2.64 bits per heavy atom. The van der Waals surface area contributed by atoms with Crippen molar-refractivity contribution in [2.45, 2.75) is 64.1 Å². The average Bonchev–Trinajstić information content (AvgIpc) is 2.92. The van der Waals surface area contributed by atoms with Crippen LogP contribution in [0.1, 0.15) is 46.0 Å². The minimum Gasteiger partial charge on any atom is -0.313 e. The Balaban J connectivity index is 1.83. The molecule has 2 heteroatoms. The molecule has 0 aromatic heterocycles. The van der Waals surface area contributed by atoms with Crippen LogP contribution < -0.4 is 5.32 Å². The third-order valence-electron chi connectivity index (χ3n) is 3.77. The van der Waals surface area contributed by atoms with Gasteiger partial charge in [-0.1, -0.05) is 6.92 Å². The van der Waals surface area contributed by atoms with Crippen LogP contribution in [0.15, 0.2) is 0 Å². The standard InChI is InChI=1S/C12H24N2/c1-3-10(2)14(12-6-7-12)9-11-5-4-8-13-11/h10-13H,3-9H2,1-2H3. The summed E-state index contributed by atoms with van der Waals surface area (Å²) >= 11 is 0. The minimum atomic E-state index is 0.782. The lowest BCUT2D eigenvalue weighted by molar-refractivity contribution is 0.177. The lowest BCUT2D eigenvalue weighted by Gasteiger charge is -2.30. The van der Waals surface area contributed by atoms with Gasteiger partial charge in [0.05, 0.1) is 0 Å². The summed E-state index contributed by atoms with van der Waals surface area (Å²) in [6, 6.07) is 2.49. The molecule has 1 aliphatic carbocycles. The van der Waals surface area contributed by atoms with E-state index in [1.54, 1.807) is 0 Å². The maximum Gasteiger partial charge on any atom is 0.0195 e. The number of nitrogens with zero attached hydrogens (tertiary/aromatic N) is 1. The molecular weight excluding hydrogens is 172 g/mol. The predicted molar refractivity (Wildman–Crippen MR) is 60.5 cm³/mol. The van der Waals surface area contributed by atoms with Gasteiger partial charge in [0.2, 0.25) is 0 Å². The molecule has 0 aromatic carbocycles. The summed E-state index contributed by atoms with van der Waals surface area (Å²) in [5, 5.41) is 3.61. The molecule has 0 amide bonds. The molecule has 2 atom stereocenters. The number of rotatable bonds is 5. The molecule has 1 heterocycles. The molecule has 1 saturated heterocycles. The fourth-order valence-electron chi connectivity index (χ4n) is 2.50. The van der Waals surface area contributed by atoms with E-state index in [9.17, 15) is 0 Å². The molecule has 2 fully saturated rings. The Bertz CT molecular complexity index is 171. The SMILES string of the molecule is CCC(C)N(CC1CCCN1)C1CC1. The summed E-state index contributed by atoms with van der Waals surface area (Å²) in [5.74, 6) is 0. The van der Waals surface area contributed by atoms with E-state index < -0.39 is 0 Å². The normalized spacial score (nSPS) is 29.8. The molecule has 82 valence electrons. The van der Waals surface area contributed by atoms with Gasteiger partial charge in [-0.2, -0.15) is 0 Å². The van der Waals surface area contributed by atoms with E-state index in [1.807, 2.05) is 0 Å². The second-order valence-corrected chi connectivity index (χ2v) is 4.98. The summed E-state index contributed by atoms with van der Waals surface area (Å²) in [6.07, 6.45) is 6.95. The molecule has 1 N–H and O–H groups in total. The van der Waals surface area contributed by atoms with Crippen molar-refractivity contribution in [3.8, 4) is 0 Å². The molecule has 0 bridgehead atoms. The monoisotopic (exact) mass is 196 g/mol. The highest BCUT2D eigenvalue weighted by molar-refractivity contribution is 4.90. The van der Waals surface area contributed by atoms with Gasteiger partial charge in [0.1, 0.15) is 0 Å². The molecule has 0 radical (unpaired) electrons. The first-order chi connectivity index (χ1) is 6.81. The maximum atomic E-state index is 3.61. The van der Waals surface area contributed by atoms with E-state index in [0.717, 1.165) is 18.1 Å². The van der Waals surface area contributed by atoms with Crippen LogP contribution in [-0.2, 0) is 0 Å². The van der Waals surface area contributed by atoms with E-state index in [0.29, 0.717) is 0 Å².